The number of piperazine rings is 1. The lowest BCUT2D eigenvalue weighted by atomic mass is 9.84. The van der Waals surface area contributed by atoms with Crippen molar-refractivity contribution in [1.29, 1.82) is 5.26 Å². The molecule has 2 fully saturated rings. The van der Waals surface area contributed by atoms with Gasteiger partial charge in [-0.15, -0.1) is 0 Å². The molecule has 1 saturated carbocycles. The van der Waals surface area contributed by atoms with Crippen LogP contribution in [0.5, 0.6) is 0 Å². The van der Waals surface area contributed by atoms with Gasteiger partial charge in [0.2, 0.25) is 10.0 Å². The van der Waals surface area contributed by atoms with E-state index in [-0.39, 0.29) is 23.5 Å². The number of aryl methyl sites for hydroxylation is 1. The first-order valence-corrected chi connectivity index (χ1v) is 9.74. The second-order valence-electron chi connectivity index (χ2n) is 6.82. The summed E-state index contributed by atoms with van der Waals surface area (Å²) in [7, 11) is -3.71. The lowest BCUT2D eigenvalue weighted by Gasteiger charge is -2.49. The molecule has 3 rings (SSSR count). The van der Waals surface area contributed by atoms with Gasteiger partial charge in [-0.3, -0.25) is 5.32 Å². The van der Waals surface area contributed by atoms with Crippen molar-refractivity contribution >= 4 is 10.0 Å². The monoisotopic (exact) mass is 349 g/mol. The molecule has 0 amide bonds. The Balaban J connectivity index is 2.02. The van der Waals surface area contributed by atoms with Crippen molar-refractivity contribution in [2.45, 2.75) is 55.1 Å². The minimum absolute atomic E-state index is 0.0304. The molecule has 2 N–H and O–H groups in total. The summed E-state index contributed by atoms with van der Waals surface area (Å²) in [6.07, 6.45) is 3.56. The molecule has 1 heterocycles. The van der Waals surface area contributed by atoms with Crippen LogP contribution in [0.25, 0.3) is 0 Å². The van der Waals surface area contributed by atoms with E-state index in [1.165, 1.54) is 4.31 Å². The summed E-state index contributed by atoms with van der Waals surface area (Å²) in [5.74, 6) is 0. The van der Waals surface area contributed by atoms with Crippen LogP contribution >= 0.6 is 0 Å². The third kappa shape index (κ3) is 2.95. The zero-order valence-electron chi connectivity index (χ0n) is 13.8. The standard InChI is InChI=1S/C17H23N3O3S/c1-13-6-8-14(9-7-13)24(22,23)20-11-17(10-18,12-21)19-15-4-2-3-5-16(15)20/h6-9,15-16,19,21H,2-5,11-12H2,1H3/t15-,16-,17+/m0/s1. The number of aliphatic hydroxyl groups excluding tert-OH is 1. The Morgan fingerprint density at radius 3 is 2.62 bits per heavy atom. The minimum Gasteiger partial charge on any atom is -0.393 e. The van der Waals surface area contributed by atoms with Crippen LogP contribution in [0.4, 0.5) is 0 Å². The molecule has 1 aliphatic carbocycles. The molecule has 3 atom stereocenters. The molecule has 0 radical (unpaired) electrons. The number of nitrogens with zero attached hydrogens (tertiary/aromatic N) is 2. The number of sulfonamides is 1. The van der Waals surface area contributed by atoms with Gasteiger partial charge in [0.1, 0.15) is 5.54 Å². The largest absolute Gasteiger partial charge is 0.393 e. The van der Waals surface area contributed by atoms with Crippen LogP contribution in [0.3, 0.4) is 0 Å². The summed E-state index contributed by atoms with van der Waals surface area (Å²) in [4.78, 5) is 0.240. The van der Waals surface area contributed by atoms with E-state index < -0.39 is 22.2 Å². The molecule has 1 aromatic carbocycles. The van der Waals surface area contributed by atoms with Crippen molar-refractivity contribution < 1.29 is 13.5 Å². The Morgan fingerprint density at radius 1 is 1.33 bits per heavy atom. The molecule has 24 heavy (non-hydrogen) atoms. The van der Waals surface area contributed by atoms with Crippen molar-refractivity contribution in [1.82, 2.24) is 9.62 Å². The third-order valence-electron chi connectivity index (χ3n) is 5.10. The van der Waals surface area contributed by atoms with E-state index in [9.17, 15) is 18.8 Å². The highest BCUT2D eigenvalue weighted by Gasteiger charge is 2.49. The molecular formula is C17H23N3O3S. The third-order valence-corrected chi connectivity index (χ3v) is 6.98. The molecule has 1 aromatic rings. The van der Waals surface area contributed by atoms with Gasteiger partial charge < -0.3 is 5.11 Å². The lowest BCUT2D eigenvalue weighted by Crippen LogP contribution is -2.71. The van der Waals surface area contributed by atoms with Gasteiger partial charge >= 0.3 is 0 Å². The number of fused-ring (bicyclic) bond motifs is 1. The van der Waals surface area contributed by atoms with Crippen LogP contribution in [0.15, 0.2) is 29.2 Å². The van der Waals surface area contributed by atoms with E-state index in [4.69, 9.17) is 0 Å². The first-order chi connectivity index (χ1) is 11.4. The average Bonchev–Trinajstić information content (AvgIpc) is 2.61. The predicted molar refractivity (Wildman–Crippen MR) is 89.7 cm³/mol. The predicted octanol–water partition coefficient (Wildman–Crippen LogP) is 1.15. The second kappa shape index (κ2) is 6.45. The van der Waals surface area contributed by atoms with Gasteiger partial charge in [-0.1, -0.05) is 30.5 Å². The van der Waals surface area contributed by atoms with Gasteiger partial charge in [-0.2, -0.15) is 9.57 Å². The Bertz CT molecular complexity index is 741. The number of hydrogen-bond acceptors (Lipinski definition) is 5. The SMILES string of the molecule is Cc1ccc(S(=O)(=O)N2C[C@](C#N)(CO)N[C@H]3CCCC[C@@H]32)cc1. The zero-order valence-corrected chi connectivity index (χ0v) is 14.6. The fraction of sp³-hybridized carbons (Fsp3) is 0.588. The number of nitriles is 1. The van der Waals surface area contributed by atoms with E-state index in [0.29, 0.717) is 0 Å². The fourth-order valence-corrected chi connectivity index (χ4v) is 5.47. The number of hydrogen-bond donors (Lipinski definition) is 2. The maximum atomic E-state index is 13.2. The normalized spacial score (nSPS) is 31.2. The Labute approximate surface area is 143 Å². The van der Waals surface area contributed by atoms with Crippen LogP contribution in [0.1, 0.15) is 31.2 Å². The maximum Gasteiger partial charge on any atom is 0.243 e. The minimum atomic E-state index is -3.71. The summed E-state index contributed by atoms with van der Waals surface area (Å²) in [5, 5.41) is 22.5. The molecule has 130 valence electrons. The van der Waals surface area contributed by atoms with Crippen LogP contribution in [-0.4, -0.2) is 48.6 Å². The number of benzene rings is 1. The van der Waals surface area contributed by atoms with E-state index in [1.54, 1.807) is 24.3 Å². The summed E-state index contributed by atoms with van der Waals surface area (Å²) in [5.41, 5.74) is -0.248. The number of nitrogens with one attached hydrogen (secondary N) is 1. The van der Waals surface area contributed by atoms with Crippen LogP contribution in [0, 0.1) is 18.3 Å². The zero-order chi connectivity index (χ0) is 17.4. The summed E-state index contributed by atoms with van der Waals surface area (Å²) in [6, 6.07) is 8.60. The molecule has 0 unspecified atom stereocenters. The Kier molecular flexibility index (Phi) is 4.67. The van der Waals surface area contributed by atoms with E-state index in [0.717, 1.165) is 31.2 Å². The van der Waals surface area contributed by atoms with E-state index >= 15 is 0 Å². The highest BCUT2D eigenvalue weighted by Crippen LogP contribution is 2.34. The van der Waals surface area contributed by atoms with E-state index in [1.807, 2.05) is 6.92 Å². The molecule has 0 bridgehead atoms. The van der Waals surface area contributed by atoms with Gasteiger partial charge in [0, 0.05) is 18.6 Å². The Hall–Kier alpha value is -1.46. The fourth-order valence-electron chi connectivity index (χ4n) is 3.72. The first-order valence-electron chi connectivity index (χ1n) is 8.30. The van der Waals surface area contributed by atoms with Gasteiger partial charge in [-0.25, -0.2) is 8.42 Å². The van der Waals surface area contributed by atoms with Gasteiger partial charge in [0.15, 0.2) is 0 Å². The molecular weight excluding hydrogens is 326 g/mol. The highest BCUT2D eigenvalue weighted by atomic mass is 32.2. The average molecular weight is 349 g/mol. The molecule has 0 aromatic heterocycles. The second-order valence-corrected chi connectivity index (χ2v) is 8.71. The molecule has 0 spiro atoms. The van der Waals surface area contributed by atoms with E-state index in [2.05, 4.69) is 11.4 Å². The highest BCUT2D eigenvalue weighted by molar-refractivity contribution is 7.89. The van der Waals surface area contributed by atoms with Crippen molar-refractivity contribution in [3.63, 3.8) is 0 Å². The maximum absolute atomic E-state index is 13.2. The topological polar surface area (TPSA) is 93.4 Å². The van der Waals surface area contributed by atoms with Crippen molar-refractivity contribution in [3.8, 4) is 6.07 Å². The summed E-state index contributed by atoms with van der Waals surface area (Å²) >= 11 is 0. The van der Waals surface area contributed by atoms with Crippen LogP contribution in [0.2, 0.25) is 0 Å². The summed E-state index contributed by atoms with van der Waals surface area (Å²) < 4.78 is 27.8. The molecule has 1 saturated heterocycles. The number of rotatable bonds is 3. The van der Waals surface area contributed by atoms with Crippen LogP contribution in [-0.2, 0) is 10.0 Å². The van der Waals surface area contributed by atoms with Crippen molar-refractivity contribution in [3.05, 3.63) is 29.8 Å². The van der Waals surface area contributed by atoms with Crippen molar-refractivity contribution in [2.75, 3.05) is 13.2 Å². The molecule has 1 aliphatic heterocycles. The van der Waals surface area contributed by atoms with Gasteiger partial charge in [-0.05, 0) is 31.9 Å². The van der Waals surface area contributed by atoms with Crippen molar-refractivity contribution in [2.24, 2.45) is 0 Å². The molecule has 2 aliphatic rings. The van der Waals surface area contributed by atoms with Crippen LogP contribution < -0.4 is 5.32 Å². The molecule has 7 heteroatoms. The quantitative estimate of drug-likeness (QED) is 0.854. The van der Waals surface area contributed by atoms with Gasteiger partial charge in [0.25, 0.3) is 0 Å². The van der Waals surface area contributed by atoms with Gasteiger partial charge in [0.05, 0.1) is 17.6 Å². The Morgan fingerprint density at radius 2 is 2.00 bits per heavy atom. The lowest BCUT2D eigenvalue weighted by molar-refractivity contribution is 0.0679. The smallest absolute Gasteiger partial charge is 0.243 e. The molecule has 6 nitrogen and oxygen atoms in total. The number of aliphatic hydroxyl groups is 1. The first kappa shape index (κ1) is 17.4. The summed E-state index contributed by atoms with van der Waals surface area (Å²) in [6.45, 7) is 1.47.